The normalized spacial score (nSPS) is 29.7. The zero-order valence-electron chi connectivity index (χ0n) is 11.4. The van der Waals surface area contributed by atoms with Crippen LogP contribution in [-0.2, 0) is 16.1 Å². The first kappa shape index (κ1) is 12.7. The summed E-state index contributed by atoms with van der Waals surface area (Å²) in [7, 11) is 1.79. The quantitative estimate of drug-likeness (QED) is 0.819. The lowest BCUT2D eigenvalue weighted by Crippen LogP contribution is -2.31. The van der Waals surface area contributed by atoms with Crippen molar-refractivity contribution in [2.24, 2.45) is 11.8 Å². The van der Waals surface area contributed by atoms with Crippen molar-refractivity contribution < 1.29 is 9.53 Å². The summed E-state index contributed by atoms with van der Waals surface area (Å²) < 4.78 is 7.38. The summed E-state index contributed by atoms with van der Waals surface area (Å²) in [6.07, 6.45) is 8.63. The van der Waals surface area contributed by atoms with E-state index in [0.717, 1.165) is 32.5 Å². The first-order valence-electron chi connectivity index (χ1n) is 7.02. The molecule has 0 bridgehead atoms. The number of methoxy groups -OCH3 is 1. The van der Waals surface area contributed by atoms with E-state index >= 15 is 0 Å². The third-order valence-corrected chi connectivity index (χ3v) is 4.54. The fourth-order valence-corrected chi connectivity index (χ4v) is 3.44. The van der Waals surface area contributed by atoms with Crippen LogP contribution in [0.5, 0.6) is 0 Å². The van der Waals surface area contributed by atoms with Crippen molar-refractivity contribution in [3.8, 4) is 0 Å². The molecule has 3 rings (SSSR count). The molecule has 3 atom stereocenters. The van der Waals surface area contributed by atoms with Gasteiger partial charge < -0.3 is 14.2 Å². The van der Waals surface area contributed by atoms with Crippen LogP contribution >= 0.6 is 0 Å². The van der Waals surface area contributed by atoms with Gasteiger partial charge in [-0.3, -0.25) is 4.79 Å². The van der Waals surface area contributed by atoms with Crippen molar-refractivity contribution in [3.05, 3.63) is 18.7 Å². The molecule has 104 valence electrons. The Bertz CT molecular complexity index is 418. The summed E-state index contributed by atoms with van der Waals surface area (Å²) >= 11 is 0. The van der Waals surface area contributed by atoms with Crippen molar-refractivity contribution >= 4 is 5.91 Å². The van der Waals surface area contributed by atoms with E-state index in [1.807, 2.05) is 15.7 Å². The second-order valence-corrected chi connectivity index (χ2v) is 5.70. The van der Waals surface area contributed by atoms with Gasteiger partial charge in [0.1, 0.15) is 0 Å². The number of amides is 1. The lowest BCUT2D eigenvalue weighted by molar-refractivity contribution is -0.130. The molecule has 1 aromatic heterocycles. The number of likely N-dealkylation sites (tertiary alicyclic amines) is 1. The fraction of sp³-hybridized carbons (Fsp3) is 0.714. The minimum Gasteiger partial charge on any atom is -0.381 e. The first-order valence-corrected chi connectivity index (χ1v) is 7.02. The van der Waals surface area contributed by atoms with Gasteiger partial charge in [-0.2, -0.15) is 0 Å². The monoisotopic (exact) mass is 263 g/mol. The molecule has 5 nitrogen and oxygen atoms in total. The number of nitrogens with zero attached hydrogens (tertiary/aromatic N) is 3. The van der Waals surface area contributed by atoms with Gasteiger partial charge in [-0.15, -0.1) is 0 Å². The van der Waals surface area contributed by atoms with Gasteiger partial charge >= 0.3 is 0 Å². The zero-order chi connectivity index (χ0) is 13.2. The van der Waals surface area contributed by atoms with Crippen LogP contribution in [0.15, 0.2) is 18.7 Å². The van der Waals surface area contributed by atoms with Crippen LogP contribution in [0.3, 0.4) is 0 Å². The second kappa shape index (κ2) is 5.33. The number of hydrogen-bond acceptors (Lipinski definition) is 3. The molecule has 2 aliphatic rings. The average Bonchev–Trinajstić information content (AvgIpc) is 3.10. The third kappa shape index (κ3) is 2.66. The number of imidazole rings is 1. The van der Waals surface area contributed by atoms with Gasteiger partial charge in [0, 0.05) is 45.6 Å². The fourth-order valence-electron chi connectivity index (χ4n) is 3.44. The van der Waals surface area contributed by atoms with Crippen molar-refractivity contribution in [1.82, 2.24) is 14.5 Å². The molecule has 1 aliphatic carbocycles. The average molecular weight is 263 g/mol. The van der Waals surface area contributed by atoms with E-state index in [-0.39, 0.29) is 5.91 Å². The summed E-state index contributed by atoms with van der Waals surface area (Å²) in [5, 5.41) is 0. The van der Waals surface area contributed by atoms with E-state index in [2.05, 4.69) is 4.98 Å². The number of ether oxygens (including phenoxy) is 1. The summed E-state index contributed by atoms with van der Waals surface area (Å²) in [6.45, 7) is 2.58. The van der Waals surface area contributed by atoms with Gasteiger partial charge in [-0.1, -0.05) is 0 Å². The maximum absolute atomic E-state index is 12.2. The Morgan fingerprint density at radius 2 is 2.11 bits per heavy atom. The molecule has 1 saturated heterocycles. The van der Waals surface area contributed by atoms with Gasteiger partial charge in [0.15, 0.2) is 0 Å². The number of rotatable bonds is 4. The number of hydrogen-bond donors (Lipinski definition) is 0. The van der Waals surface area contributed by atoms with Crippen molar-refractivity contribution in [3.63, 3.8) is 0 Å². The summed E-state index contributed by atoms with van der Waals surface area (Å²) in [4.78, 5) is 18.2. The number of aromatic nitrogens is 2. The van der Waals surface area contributed by atoms with Crippen molar-refractivity contribution in [2.45, 2.75) is 31.9 Å². The Hall–Kier alpha value is -1.36. The smallest absolute Gasteiger partial charge is 0.224 e. The molecule has 0 aromatic carbocycles. The zero-order valence-corrected chi connectivity index (χ0v) is 11.4. The highest BCUT2D eigenvalue weighted by atomic mass is 16.5. The Kier molecular flexibility index (Phi) is 3.55. The van der Waals surface area contributed by atoms with Crippen LogP contribution in [0.25, 0.3) is 0 Å². The number of carbonyl (C=O) groups excluding carboxylic acids is 1. The molecule has 0 N–H and O–H groups in total. The molecule has 2 heterocycles. The minimum absolute atomic E-state index is 0.275. The van der Waals surface area contributed by atoms with E-state index in [1.54, 1.807) is 19.6 Å². The molecule has 0 radical (unpaired) electrons. The van der Waals surface area contributed by atoms with Crippen LogP contribution in [0.4, 0.5) is 0 Å². The largest absolute Gasteiger partial charge is 0.381 e. The predicted octanol–water partition coefficient (Wildman–Crippen LogP) is 1.16. The van der Waals surface area contributed by atoms with Gasteiger partial charge in [0.2, 0.25) is 5.91 Å². The third-order valence-electron chi connectivity index (χ3n) is 4.54. The van der Waals surface area contributed by atoms with E-state index in [9.17, 15) is 4.79 Å². The highest BCUT2D eigenvalue weighted by Crippen LogP contribution is 2.39. The highest BCUT2D eigenvalue weighted by molar-refractivity contribution is 5.76. The number of aryl methyl sites for hydroxylation is 1. The Balaban J connectivity index is 1.48. The second-order valence-electron chi connectivity index (χ2n) is 5.70. The topological polar surface area (TPSA) is 47.4 Å². The van der Waals surface area contributed by atoms with E-state index in [1.165, 1.54) is 0 Å². The molecule has 1 saturated carbocycles. The van der Waals surface area contributed by atoms with E-state index in [0.29, 0.717) is 24.4 Å². The molecule has 19 heavy (non-hydrogen) atoms. The molecular formula is C14H21N3O2. The van der Waals surface area contributed by atoms with Crippen LogP contribution < -0.4 is 0 Å². The maximum Gasteiger partial charge on any atom is 0.224 e. The van der Waals surface area contributed by atoms with Crippen molar-refractivity contribution in [2.75, 3.05) is 20.2 Å². The summed E-state index contributed by atoms with van der Waals surface area (Å²) in [5.74, 6) is 1.58. The lowest BCUT2D eigenvalue weighted by atomic mass is 10.0. The molecule has 1 aliphatic heterocycles. The highest BCUT2D eigenvalue weighted by Gasteiger charge is 2.42. The Morgan fingerprint density at radius 1 is 1.37 bits per heavy atom. The maximum atomic E-state index is 12.2. The van der Waals surface area contributed by atoms with Crippen LogP contribution in [0, 0.1) is 11.8 Å². The Labute approximate surface area is 113 Å². The minimum atomic E-state index is 0.275. The summed E-state index contributed by atoms with van der Waals surface area (Å²) in [6, 6.07) is 0. The molecular weight excluding hydrogens is 242 g/mol. The van der Waals surface area contributed by atoms with Gasteiger partial charge in [0.05, 0.1) is 12.4 Å². The Morgan fingerprint density at radius 3 is 2.68 bits per heavy atom. The van der Waals surface area contributed by atoms with E-state index < -0.39 is 0 Å². The molecule has 2 fully saturated rings. The molecule has 1 unspecified atom stereocenters. The van der Waals surface area contributed by atoms with Gasteiger partial charge in [-0.25, -0.2) is 4.98 Å². The standard InChI is InChI=1S/C14H21N3O2/c1-19-13-6-11-8-17(9-12(11)7-13)14(18)2-4-16-5-3-15-10-16/h3,5,10-13H,2,4,6-9H2,1H3/t11-,12+,13?. The van der Waals surface area contributed by atoms with Crippen LogP contribution in [-0.4, -0.2) is 46.7 Å². The van der Waals surface area contributed by atoms with Crippen molar-refractivity contribution in [1.29, 1.82) is 0 Å². The summed E-state index contributed by atoms with van der Waals surface area (Å²) in [5.41, 5.74) is 0. The number of carbonyl (C=O) groups is 1. The van der Waals surface area contributed by atoms with Crippen LogP contribution in [0.1, 0.15) is 19.3 Å². The van der Waals surface area contributed by atoms with E-state index in [4.69, 9.17) is 4.74 Å². The van der Waals surface area contributed by atoms with Gasteiger partial charge in [-0.05, 0) is 24.7 Å². The molecule has 1 amide bonds. The molecule has 5 heteroatoms. The predicted molar refractivity (Wildman–Crippen MR) is 70.4 cm³/mol. The first-order chi connectivity index (χ1) is 9.26. The van der Waals surface area contributed by atoms with Crippen LogP contribution in [0.2, 0.25) is 0 Å². The van der Waals surface area contributed by atoms with Gasteiger partial charge in [0.25, 0.3) is 0 Å². The molecule has 1 aromatic rings. The molecule has 0 spiro atoms. The SMILES string of the molecule is COC1C[C@@H]2CN(C(=O)CCn3ccnc3)C[C@@H]2C1. The number of fused-ring (bicyclic) bond motifs is 1. The lowest BCUT2D eigenvalue weighted by Gasteiger charge is -2.19.